The summed E-state index contributed by atoms with van der Waals surface area (Å²) in [5.41, 5.74) is 0. The summed E-state index contributed by atoms with van der Waals surface area (Å²) in [7, 11) is 0. The van der Waals surface area contributed by atoms with E-state index in [1.54, 1.807) is 0 Å². The first-order chi connectivity index (χ1) is 2.00. The van der Waals surface area contributed by atoms with Crippen molar-refractivity contribution in [3.05, 3.63) is 0 Å². The van der Waals surface area contributed by atoms with Crippen LogP contribution in [0.1, 0.15) is 0 Å². The van der Waals surface area contributed by atoms with E-state index in [2.05, 4.69) is 0 Å². The van der Waals surface area contributed by atoms with Gasteiger partial charge in [-0.15, -0.1) is 0 Å². The van der Waals surface area contributed by atoms with Gasteiger partial charge in [-0.25, -0.2) is 0 Å². The molecule has 0 saturated heterocycles. The van der Waals surface area contributed by atoms with Crippen molar-refractivity contribution in [2.75, 3.05) is 0 Å². The third-order valence-electron chi connectivity index (χ3n) is 0. The molecule has 36 valence electrons. The van der Waals surface area contributed by atoms with Crippen LogP contribution in [0.5, 0.6) is 0 Å². The van der Waals surface area contributed by atoms with E-state index in [0.29, 0.717) is 0 Å². The molecule has 6 heavy (non-hydrogen) atoms. The Bertz CT molecular complexity index is 5.51. The van der Waals surface area contributed by atoms with Gasteiger partial charge in [0.2, 0.25) is 0 Å². The van der Waals surface area contributed by atoms with E-state index in [0.717, 1.165) is 0 Å². The van der Waals surface area contributed by atoms with E-state index in [-0.39, 0.29) is 34.7 Å². The van der Waals surface area contributed by atoms with Crippen molar-refractivity contribution in [3.63, 3.8) is 0 Å². The second kappa shape index (κ2) is 37.0. The van der Waals surface area contributed by atoms with Gasteiger partial charge in [-0.3, -0.25) is 0 Å². The SMILES string of the molecule is [AlH3].[AlH3].[Mo][Mo].[Mo][Mo]. The summed E-state index contributed by atoms with van der Waals surface area (Å²) in [4.78, 5) is 0. The standard InChI is InChI=1S/2Al.4Mo.6H. The molecule has 0 saturated carbocycles. The monoisotopic (exact) mass is 452 g/mol. The van der Waals surface area contributed by atoms with Gasteiger partial charge in [0.15, 0.2) is 34.7 Å². The number of rotatable bonds is 0. The predicted molar refractivity (Wildman–Crippen MR) is 19.9 cm³/mol. The normalized spacial score (nSPS) is 1.33. The fraction of sp³-hybridized carbons (Fsp3) is 0. The van der Waals surface area contributed by atoms with Crippen molar-refractivity contribution in [2.24, 2.45) is 0 Å². The molecule has 0 aliphatic carbocycles. The molecule has 0 rings (SSSR count). The quantitative estimate of drug-likeness (QED) is 0.367. The van der Waals surface area contributed by atoms with E-state index in [1.165, 1.54) is 0 Å². The molecule has 0 unspecified atom stereocenters. The van der Waals surface area contributed by atoms with Gasteiger partial charge in [0.25, 0.3) is 0 Å². The van der Waals surface area contributed by atoms with Gasteiger partial charge in [-0.2, -0.15) is 0 Å². The molecule has 0 radical (unpaired) electrons. The minimum atomic E-state index is 0. The van der Waals surface area contributed by atoms with Crippen molar-refractivity contribution in [2.45, 2.75) is 0 Å². The number of hydrogen-bond acceptors (Lipinski definition) is 0. The maximum absolute atomic E-state index is 1.96. The Labute approximate surface area is 99.7 Å². The van der Waals surface area contributed by atoms with Gasteiger partial charge < -0.3 is 0 Å². The van der Waals surface area contributed by atoms with Crippen LogP contribution in [0.4, 0.5) is 0 Å². The molecule has 0 aromatic rings. The molecule has 0 aliphatic rings. The van der Waals surface area contributed by atoms with Gasteiger partial charge in [0.1, 0.15) is 0 Å². The predicted octanol–water partition coefficient (Wildman–Crippen LogP) is -2.38. The minimum absolute atomic E-state index is 0. The first-order valence-electron chi connectivity index (χ1n) is 0.333. The van der Waals surface area contributed by atoms with Gasteiger partial charge in [-0.05, 0) is 0 Å². The van der Waals surface area contributed by atoms with Crippen LogP contribution in [0.25, 0.3) is 0 Å². The Kier molecular flexibility index (Phi) is 139. The summed E-state index contributed by atoms with van der Waals surface area (Å²) in [6, 6.07) is 0. The van der Waals surface area contributed by atoms with Crippen molar-refractivity contribution >= 4 is 34.7 Å². The van der Waals surface area contributed by atoms with Gasteiger partial charge >= 0.3 is 67.3 Å². The van der Waals surface area contributed by atoms with Crippen LogP contribution in [-0.4, -0.2) is 34.7 Å². The Hall–Kier alpha value is 3.82. The molecule has 0 spiro atoms. The van der Waals surface area contributed by atoms with E-state index < -0.39 is 0 Å². The summed E-state index contributed by atoms with van der Waals surface area (Å²) < 4.78 is 0. The summed E-state index contributed by atoms with van der Waals surface area (Å²) in [5.74, 6) is 0. The molecule has 0 nitrogen and oxygen atoms in total. The summed E-state index contributed by atoms with van der Waals surface area (Å²) >= 11 is 7.84. The summed E-state index contributed by atoms with van der Waals surface area (Å²) in [5, 5.41) is 0. The molecule has 0 fully saturated rings. The van der Waals surface area contributed by atoms with Gasteiger partial charge in [0.05, 0.1) is 0 Å². The van der Waals surface area contributed by atoms with Crippen LogP contribution < -0.4 is 0 Å². The van der Waals surface area contributed by atoms with Gasteiger partial charge in [0, 0.05) is 0 Å². The first-order valence-corrected chi connectivity index (χ1v) is 11.7. The molecule has 6 heteroatoms. The molecule has 0 bridgehead atoms. The Balaban J connectivity index is -0.00000000500. The second-order valence-electron chi connectivity index (χ2n) is 0. The summed E-state index contributed by atoms with van der Waals surface area (Å²) in [6.45, 7) is 0. The van der Waals surface area contributed by atoms with Crippen molar-refractivity contribution < 1.29 is 67.3 Å². The van der Waals surface area contributed by atoms with E-state index in [4.69, 9.17) is 0 Å². The van der Waals surface area contributed by atoms with E-state index >= 15 is 0 Å². The van der Waals surface area contributed by atoms with Crippen LogP contribution in [0, 0.1) is 0 Å². The Morgan fingerprint density at radius 2 is 0.500 bits per heavy atom. The van der Waals surface area contributed by atoms with Crippen LogP contribution in [0.3, 0.4) is 0 Å². The van der Waals surface area contributed by atoms with Crippen molar-refractivity contribution in [3.8, 4) is 0 Å². The molecule has 0 aromatic heterocycles. The van der Waals surface area contributed by atoms with Crippen LogP contribution in [0.15, 0.2) is 0 Å². The topological polar surface area (TPSA) is 0 Å². The average Bonchev–Trinajstić information content (AvgIpc) is 1.50. The van der Waals surface area contributed by atoms with E-state index in [1.807, 2.05) is 67.3 Å². The van der Waals surface area contributed by atoms with Crippen LogP contribution in [0.2, 0.25) is 0 Å². The molecule has 0 amide bonds. The molecule has 0 heterocycles. The van der Waals surface area contributed by atoms with Crippen molar-refractivity contribution in [1.29, 1.82) is 0 Å². The summed E-state index contributed by atoms with van der Waals surface area (Å²) in [6.07, 6.45) is 0. The van der Waals surface area contributed by atoms with Crippen LogP contribution in [-0.2, 0) is 67.3 Å². The van der Waals surface area contributed by atoms with Crippen LogP contribution >= 0.6 is 0 Å². The van der Waals surface area contributed by atoms with E-state index in [9.17, 15) is 0 Å². The fourth-order valence-electron chi connectivity index (χ4n) is 0. The first kappa shape index (κ1) is 22.6. The Morgan fingerprint density at radius 3 is 0.500 bits per heavy atom. The third kappa shape index (κ3) is 24.9. The maximum atomic E-state index is 1.96. The fourth-order valence-corrected chi connectivity index (χ4v) is 0. The van der Waals surface area contributed by atoms with Crippen molar-refractivity contribution in [1.82, 2.24) is 0 Å². The third-order valence-corrected chi connectivity index (χ3v) is 0. The molecule has 0 atom stereocenters. The average molecular weight is 444 g/mol. The zero-order valence-corrected chi connectivity index (χ0v) is 9.66. The zero-order chi connectivity index (χ0) is 4.00. The molecule has 0 N–H and O–H groups in total. The molecule has 0 aromatic carbocycles. The number of hydrogen-bond donors (Lipinski definition) is 0. The molecule has 0 aliphatic heterocycles. The molecular formula is H6Al2Mo4. The molecular weight excluding hydrogens is 438 g/mol. The zero-order valence-electron chi connectivity index (χ0n) is 1.63. The second-order valence-corrected chi connectivity index (χ2v) is 0. The Morgan fingerprint density at radius 1 is 0.500 bits per heavy atom. The van der Waals surface area contributed by atoms with Gasteiger partial charge in [-0.1, -0.05) is 0 Å².